The van der Waals surface area contributed by atoms with E-state index in [0.29, 0.717) is 15.8 Å². The van der Waals surface area contributed by atoms with Crippen LogP contribution in [0.5, 0.6) is 5.75 Å². The predicted molar refractivity (Wildman–Crippen MR) is 133 cm³/mol. The van der Waals surface area contributed by atoms with Crippen molar-refractivity contribution in [2.75, 3.05) is 6.61 Å². The third-order valence-corrected chi connectivity index (χ3v) is 6.70. The van der Waals surface area contributed by atoms with Gasteiger partial charge in [-0.05, 0) is 55.0 Å². The third-order valence-electron chi connectivity index (χ3n) is 6.12. The summed E-state index contributed by atoms with van der Waals surface area (Å²) in [5.41, 5.74) is 1.75. The lowest BCUT2D eigenvalue weighted by Crippen LogP contribution is -2.50. The summed E-state index contributed by atoms with van der Waals surface area (Å²) in [6.07, 6.45) is 4.19. The Hall–Kier alpha value is -2.24. The Balaban J connectivity index is 1.77. The van der Waals surface area contributed by atoms with Gasteiger partial charge >= 0.3 is 0 Å². The number of ether oxygens (including phenoxy) is 1. The van der Waals surface area contributed by atoms with Gasteiger partial charge in [0.1, 0.15) is 11.8 Å². The van der Waals surface area contributed by atoms with Crippen molar-refractivity contribution in [2.45, 2.75) is 71.0 Å². The number of carbonyl (C=O) groups excluding carboxylic acids is 2. The van der Waals surface area contributed by atoms with Gasteiger partial charge in [-0.2, -0.15) is 0 Å². The fourth-order valence-electron chi connectivity index (χ4n) is 4.12. The lowest BCUT2D eigenvalue weighted by atomic mass is 10.0. The monoisotopic (exact) mass is 490 g/mol. The molecule has 178 valence electrons. The highest BCUT2D eigenvalue weighted by Crippen LogP contribution is 2.27. The molecule has 0 spiro atoms. The Morgan fingerprint density at radius 3 is 2.45 bits per heavy atom. The van der Waals surface area contributed by atoms with E-state index in [1.807, 2.05) is 24.3 Å². The molecule has 1 atom stereocenters. The predicted octanol–water partition coefficient (Wildman–Crippen LogP) is 5.97. The summed E-state index contributed by atoms with van der Waals surface area (Å²) in [7, 11) is 0. The molecule has 1 aliphatic rings. The van der Waals surface area contributed by atoms with Crippen molar-refractivity contribution < 1.29 is 14.3 Å². The van der Waals surface area contributed by atoms with Crippen LogP contribution in [-0.2, 0) is 16.1 Å². The van der Waals surface area contributed by atoms with Gasteiger partial charge in [-0.1, -0.05) is 74.2 Å². The summed E-state index contributed by atoms with van der Waals surface area (Å²) in [5, 5.41) is 4.06. The van der Waals surface area contributed by atoms with E-state index < -0.39 is 6.04 Å². The Morgan fingerprint density at radius 2 is 1.79 bits per heavy atom. The highest BCUT2D eigenvalue weighted by molar-refractivity contribution is 6.35. The number of hydrogen-bond acceptors (Lipinski definition) is 3. The molecular formula is C26H32Cl2N2O3. The quantitative estimate of drug-likeness (QED) is 0.470. The summed E-state index contributed by atoms with van der Waals surface area (Å²) in [5.74, 6) is 0.487. The van der Waals surface area contributed by atoms with Gasteiger partial charge in [0, 0.05) is 22.6 Å². The van der Waals surface area contributed by atoms with E-state index in [0.717, 1.165) is 36.8 Å². The average Bonchev–Trinajstić information content (AvgIpc) is 3.29. The molecule has 1 unspecified atom stereocenters. The molecule has 0 radical (unpaired) electrons. The molecule has 2 amide bonds. The second-order valence-electron chi connectivity index (χ2n) is 8.90. The van der Waals surface area contributed by atoms with Crippen LogP contribution in [0.2, 0.25) is 10.0 Å². The van der Waals surface area contributed by atoms with Crippen molar-refractivity contribution in [1.82, 2.24) is 10.2 Å². The fraction of sp³-hybridized carbons (Fsp3) is 0.462. The maximum atomic E-state index is 13.3. The Bertz CT molecular complexity index is 974. The third kappa shape index (κ3) is 6.87. The molecule has 0 heterocycles. The average molecular weight is 491 g/mol. The molecule has 5 nitrogen and oxygen atoms in total. The molecule has 1 saturated carbocycles. The molecule has 7 heteroatoms. The zero-order chi connectivity index (χ0) is 24.0. The molecule has 33 heavy (non-hydrogen) atoms. The van der Waals surface area contributed by atoms with Gasteiger partial charge in [0.15, 0.2) is 6.61 Å². The van der Waals surface area contributed by atoms with Crippen molar-refractivity contribution in [3.05, 3.63) is 63.6 Å². The van der Waals surface area contributed by atoms with Gasteiger partial charge in [-0.25, -0.2) is 0 Å². The SMILES string of the molecule is CC(C)c1ccccc1OCC(=O)N(Cc1ccc(Cl)cc1Cl)C(C)C(=O)NC1CCCC1. The number of para-hydroxylation sites is 1. The minimum Gasteiger partial charge on any atom is -0.483 e. The normalized spacial score (nSPS) is 14.8. The number of amides is 2. The summed E-state index contributed by atoms with van der Waals surface area (Å²) >= 11 is 12.4. The number of halogens is 2. The Morgan fingerprint density at radius 1 is 1.09 bits per heavy atom. The van der Waals surface area contributed by atoms with E-state index in [2.05, 4.69) is 19.2 Å². The lowest BCUT2D eigenvalue weighted by molar-refractivity contribution is -0.142. The van der Waals surface area contributed by atoms with Crippen LogP contribution >= 0.6 is 23.2 Å². The molecule has 0 aliphatic heterocycles. The number of rotatable bonds is 9. The van der Waals surface area contributed by atoms with E-state index >= 15 is 0 Å². The van der Waals surface area contributed by atoms with Crippen LogP contribution in [-0.4, -0.2) is 35.4 Å². The first-order valence-corrected chi connectivity index (χ1v) is 12.3. The molecule has 0 aromatic heterocycles. The maximum absolute atomic E-state index is 13.3. The lowest BCUT2D eigenvalue weighted by Gasteiger charge is -2.30. The van der Waals surface area contributed by atoms with Gasteiger partial charge in [-0.3, -0.25) is 9.59 Å². The highest BCUT2D eigenvalue weighted by atomic mass is 35.5. The van der Waals surface area contributed by atoms with Gasteiger partial charge in [0.25, 0.3) is 5.91 Å². The van der Waals surface area contributed by atoms with Crippen molar-refractivity contribution >= 4 is 35.0 Å². The van der Waals surface area contributed by atoms with Crippen LogP contribution in [0.15, 0.2) is 42.5 Å². The van der Waals surface area contributed by atoms with Crippen LogP contribution in [0.4, 0.5) is 0 Å². The van der Waals surface area contributed by atoms with Crippen LogP contribution in [0.25, 0.3) is 0 Å². The summed E-state index contributed by atoms with van der Waals surface area (Å²) in [6, 6.07) is 12.3. The first-order chi connectivity index (χ1) is 15.8. The van der Waals surface area contributed by atoms with Crippen molar-refractivity contribution in [2.24, 2.45) is 0 Å². The van der Waals surface area contributed by atoms with Crippen LogP contribution in [0.3, 0.4) is 0 Å². The molecule has 0 saturated heterocycles. The van der Waals surface area contributed by atoms with Gasteiger partial charge < -0.3 is 15.0 Å². The maximum Gasteiger partial charge on any atom is 0.261 e. The largest absolute Gasteiger partial charge is 0.483 e. The van der Waals surface area contributed by atoms with E-state index in [1.165, 1.54) is 4.90 Å². The van der Waals surface area contributed by atoms with Gasteiger partial charge in [0.2, 0.25) is 5.91 Å². The summed E-state index contributed by atoms with van der Waals surface area (Å²) in [4.78, 5) is 27.8. The minimum atomic E-state index is -0.672. The second-order valence-corrected chi connectivity index (χ2v) is 9.75. The molecule has 1 fully saturated rings. The number of hydrogen-bond donors (Lipinski definition) is 1. The smallest absolute Gasteiger partial charge is 0.261 e. The fourth-order valence-corrected chi connectivity index (χ4v) is 4.59. The highest BCUT2D eigenvalue weighted by Gasteiger charge is 2.29. The molecule has 0 bridgehead atoms. The van der Waals surface area contributed by atoms with Gasteiger partial charge in [-0.15, -0.1) is 0 Å². The number of benzene rings is 2. The number of nitrogens with one attached hydrogen (secondary N) is 1. The number of nitrogens with zero attached hydrogens (tertiary/aromatic N) is 1. The van der Waals surface area contributed by atoms with E-state index in [-0.39, 0.29) is 36.9 Å². The first-order valence-electron chi connectivity index (χ1n) is 11.5. The summed E-state index contributed by atoms with van der Waals surface area (Å²) in [6.45, 7) is 5.91. The molecule has 1 N–H and O–H groups in total. The zero-order valence-electron chi connectivity index (χ0n) is 19.4. The van der Waals surface area contributed by atoms with Crippen LogP contribution in [0.1, 0.15) is 63.5 Å². The molecule has 1 aliphatic carbocycles. The number of carbonyl (C=O) groups is 2. The van der Waals surface area contributed by atoms with E-state index in [9.17, 15) is 9.59 Å². The first kappa shape index (κ1) is 25.4. The van der Waals surface area contributed by atoms with E-state index in [4.69, 9.17) is 27.9 Å². The molecule has 2 aromatic carbocycles. The minimum absolute atomic E-state index is 0.164. The summed E-state index contributed by atoms with van der Waals surface area (Å²) < 4.78 is 5.91. The van der Waals surface area contributed by atoms with Crippen molar-refractivity contribution in [3.63, 3.8) is 0 Å². The molecule has 2 aromatic rings. The Labute approximate surface area is 206 Å². The van der Waals surface area contributed by atoms with Crippen LogP contribution in [0, 0.1) is 0 Å². The van der Waals surface area contributed by atoms with Crippen molar-refractivity contribution in [3.8, 4) is 5.75 Å². The topological polar surface area (TPSA) is 58.6 Å². The zero-order valence-corrected chi connectivity index (χ0v) is 21.0. The second kappa shape index (κ2) is 11.8. The van der Waals surface area contributed by atoms with Crippen LogP contribution < -0.4 is 10.1 Å². The van der Waals surface area contributed by atoms with Crippen molar-refractivity contribution in [1.29, 1.82) is 0 Å². The van der Waals surface area contributed by atoms with E-state index in [1.54, 1.807) is 25.1 Å². The van der Waals surface area contributed by atoms with Gasteiger partial charge in [0.05, 0.1) is 0 Å². The Kier molecular flexibility index (Phi) is 9.04. The standard InChI is InChI=1S/C26H32Cl2N2O3/c1-17(2)22-10-6-7-11-24(22)33-16-25(31)30(15-19-12-13-20(27)14-23(19)28)18(3)26(32)29-21-8-4-5-9-21/h6-7,10-14,17-18,21H,4-5,8-9,15-16H2,1-3H3,(H,29,32). The molecular weight excluding hydrogens is 459 g/mol. The molecule has 3 rings (SSSR count).